The van der Waals surface area contributed by atoms with Gasteiger partial charge in [-0.1, -0.05) is 35.0 Å². The quantitative estimate of drug-likeness (QED) is 0.696. The van der Waals surface area contributed by atoms with Crippen molar-refractivity contribution in [3.63, 3.8) is 0 Å². The molecule has 2 aromatic rings. The first-order valence-corrected chi connectivity index (χ1v) is 5.95. The van der Waals surface area contributed by atoms with Gasteiger partial charge in [0.25, 0.3) is 0 Å². The highest BCUT2D eigenvalue weighted by atomic mass is 79.9. The largest absolute Gasteiger partial charge is 0.391 e. The number of halogens is 1. The summed E-state index contributed by atoms with van der Waals surface area (Å²) in [6.07, 6.45) is 3.26. The zero-order chi connectivity index (χ0) is 12.1. The van der Waals surface area contributed by atoms with Crippen molar-refractivity contribution < 1.29 is 4.84 Å². The van der Waals surface area contributed by atoms with Crippen molar-refractivity contribution in [2.45, 2.75) is 13.5 Å². The summed E-state index contributed by atoms with van der Waals surface area (Å²) >= 11 is 3.33. The molecule has 4 nitrogen and oxygen atoms in total. The van der Waals surface area contributed by atoms with E-state index in [1.807, 2.05) is 12.1 Å². The zero-order valence-electron chi connectivity index (χ0n) is 9.35. The number of H-pyrrole nitrogens is 1. The fourth-order valence-corrected chi connectivity index (χ4v) is 1.67. The second-order valence-corrected chi connectivity index (χ2v) is 4.48. The molecular formula is C12H12BrN3O. The normalized spacial score (nSPS) is 10.9. The highest BCUT2D eigenvalue weighted by Crippen LogP contribution is 2.10. The number of rotatable bonds is 4. The van der Waals surface area contributed by atoms with E-state index in [0.29, 0.717) is 6.61 Å². The number of oxime groups is 1. The molecule has 0 saturated carbocycles. The molecule has 0 atom stereocenters. The van der Waals surface area contributed by atoms with E-state index in [2.05, 4.69) is 50.3 Å². The topological polar surface area (TPSA) is 50.3 Å². The van der Waals surface area contributed by atoms with Gasteiger partial charge in [-0.3, -0.25) is 5.10 Å². The Morgan fingerprint density at radius 1 is 1.53 bits per heavy atom. The lowest BCUT2D eigenvalue weighted by molar-refractivity contribution is 0.132. The van der Waals surface area contributed by atoms with E-state index in [1.54, 1.807) is 12.4 Å². The van der Waals surface area contributed by atoms with Crippen LogP contribution in [-0.2, 0) is 11.4 Å². The lowest BCUT2D eigenvalue weighted by Gasteiger charge is -2.00. The number of nitrogens with one attached hydrogen (secondary N) is 1. The predicted molar refractivity (Wildman–Crippen MR) is 69.8 cm³/mol. The Hall–Kier alpha value is -1.62. The predicted octanol–water partition coefficient (Wildman–Crippen LogP) is 3.03. The van der Waals surface area contributed by atoms with E-state index in [0.717, 1.165) is 15.7 Å². The van der Waals surface area contributed by atoms with Crippen LogP contribution in [0.4, 0.5) is 0 Å². The van der Waals surface area contributed by atoms with Gasteiger partial charge in [-0.05, 0) is 28.4 Å². The van der Waals surface area contributed by atoms with Crippen LogP contribution in [0.25, 0.3) is 0 Å². The molecule has 5 heteroatoms. The van der Waals surface area contributed by atoms with Gasteiger partial charge >= 0.3 is 0 Å². The molecule has 1 aromatic heterocycles. The highest BCUT2D eigenvalue weighted by molar-refractivity contribution is 9.10. The molecule has 0 radical (unpaired) electrons. The van der Waals surface area contributed by atoms with E-state index in [9.17, 15) is 0 Å². The molecule has 0 aliphatic heterocycles. The molecule has 17 heavy (non-hydrogen) atoms. The fourth-order valence-electron chi connectivity index (χ4n) is 1.38. The first-order valence-electron chi connectivity index (χ1n) is 5.15. The average molecular weight is 294 g/mol. The smallest absolute Gasteiger partial charge is 0.142 e. The van der Waals surface area contributed by atoms with Gasteiger partial charge in [0, 0.05) is 0 Å². The maximum Gasteiger partial charge on any atom is 0.142 e. The Bertz CT molecular complexity index is 522. The van der Waals surface area contributed by atoms with Crippen LogP contribution in [-0.4, -0.2) is 16.4 Å². The minimum Gasteiger partial charge on any atom is -0.391 e. The molecule has 0 spiro atoms. The van der Waals surface area contributed by atoms with Gasteiger partial charge in [0.1, 0.15) is 6.61 Å². The van der Waals surface area contributed by atoms with E-state index >= 15 is 0 Å². The summed E-state index contributed by atoms with van der Waals surface area (Å²) < 4.78 is 0.861. The standard InChI is InChI=1S/C12H12BrN3O/c1-9-3-2-4-10(5-9)8-17-15-7-12-11(13)6-14-16-12/h2-7H,8H2,1H3,(H,14,16)/b15-7-. The Morgan fingerprint density at radius 3 is 3.12 bits per heavy atom. The van der Waals surface area contributed by atoms with E-state index < -0.39 is 0 Å². The molecule has 0 unspecified atom stereocenters. The summed E-state index contributed by atoms with van der Waals surface area (Å²) in [4.78, 5) is 5.20. The minimum absolute atomic E-state index is 0.462. The first-order chi connectivity index (χ1) is 8.25. The second kappa shape index (κ2) is 5.63. The summed E-state index contributed by atoms with van der Waals surface area (Å²) in [6.45, 7) is 2.51. The minimum atomic E-state index is 0.462. The molecule has 1 aromatic carbocycles. The van der Waals surface area contributed by atoms with Crippen molar-refractivity contribution in [2.24, 2.45) is 5.16 Å². The third kappa shape index (κ3) is 3.42. The number of hydrogen-bond acceptors (Lipinski definition) is 3. The number of aromatic amines is 1. The van der Waals surface area contributed by atoms with Crippen LogP contribution < -0.4 is 0 Å². The van der Waals surface area contributed by atoms with Crippen molar-refractivity contribution in [1.82, 2.24) is 10.2 Å². The average Bonchev–Trinajstić information content (AvgIpc) is 2.71. The lowest BCUT2D eigenvalue weighted by Crippen LogP contribution is -1.89. The van der Waals surface area contributed by atoms with Gasteiger partial charge < -0.3 is 4.84 Å². The molecule has 1 N–H and O–H groups in total. The van der Waals surface area contributed by atoms with Crippen LogP contribution in [0.3, 0.4) is 0 Å². The number of nitrogens with zero attached hydrogens (tertiary/aromatic N) is 2. The molecule has 0 aliphatic carbocycles. The first kappa shape index (κ1) is 11.9. The molecule has 0 fully saturated rings. The van der Waals surface area contributed by atoms with Gasteiger partial charge in [0.15, 0.2) is 0 Å². The SMILES string of the molecule is Cc1cccc(CO/N=C\c2[nH]ncc2Br)c1. The van der Waals surface area contributed by atoms with Crippen LogP contribution in [0, 0.1) is 6.92 Å². The van der Waals surface area contributed by atoms with Gasteiger partial charge in [0.05, 0.1) is 22.6 Å². The van der Waals surface area contributed by atoms with Crippen molar-refractivity contribution >= 4 is 22.1 Å². The molecule has 2 rings (SSSR count). The maximum absolute atomic E-state index is 5.20. The number of hydrogen-bond donors (Lipinski definition) is 1. The lowest BCUT2D eigenvalue weighted by atomic mass is 10.1. The van der Waals surface area contributed by atoms with Crippen molar-refractivity contribution in [3.8, 4) is 0 Å². The number of aryl methyl sites for hydroxylation is 1. The van der Waals surface area contributed by atoms with Crippen LogP contribution in [0.5, 0.6) is 0 Å². The molecule has 1 heterocycles. The van der Waals surface area contributed by atoms with Crippen molar-refractivity contribution in [3.05, 3.63) is 51.8 Å². The zero-order valence-corrected chi connectivity index (χ0v) is 10.9. The molecule has 0 bridgehead atoms. The molecule has 0 aliphatic rings. The van der Waals surface area contributed by atoms with Gasteiger partial charge in [-0.2, -0.15) is 5.10 Å². The summed E-state index contributed by atoms with van der Waals surface area (Å²) in [5, 5.41) is 10.5. The van der Waals surface area contributed by atoms with E-state index in [-0.39, 0.29) is 0 Å². The Labute approximate surface area is 108 Å². The van der Waals surface area contributed by atoms with Crippen molar-refractivity contribution in [1.29, 1.82) is 0 Å². The van der Waals surface area contributed by atoms with Gasteiger partial charge in [-0.25, -0.2) is 0 Å². The van der Waals surface area contributed by atoms with E-state index in [4.69, 9.17) is 4.84 Å². The number of benzene rings is 1. The summed E-state index contributed by atoms with van der Waals surface area (Å²) in [5.74, 6) is 0. The van der Waals surface area contributed by atoms with Crippen LogP contribution >= 0.6 is 15.9 Å². The van der Waals surface area contributed by atoms with E-state index in [1.165, 1.54) is 5.56 Å². The third-order valence-corrected chi connectivity index (χ3v) is 2.82. The second-order valence-electron chi connectivity index (χ2n) is 3.63. The van der Waals surface area contributed by atoms with Crippen LogP contribution in [0.2, 0.25) is 0 Å². The van der Waals surface area contributed by atoms with Crippen LogP contribution in [0.15, 0.2) is 40.1 Å². The molecule has 0 amide bonds. The van der Waals surface area contributed by atoms with Gasteiger partial charge in [-0.15, -0.1) is 0 Å². The summed E-state index contributed by atoms with van der Waals surface area (Å²) in [6, 6.07) is 8.13. The summed E-state index contributed by atoms with van der Waals surface area (Å²) in [7, 11) is 0. The third-order valence-electron chi connectivity index (χ3n) is 2.19. The monoisotopic (exact) mass is 293 g/mol. The van der Waals surface area contributed by atoms with Crippen LogP contribution in [0.1, 0.15) is 16.8 Å². The molecule has 88 valence electrons. The fraction of sp³-hybridized carbons (Fsp3) is 0.167. The van der Waals surface area contributed by atoms with Gasteiger partial charge in [0.2, 0.25) is 0 Å². The Balaban J connectivity index is 1.88. The molecular weight excluding hydrogens is 282 g/mol. The number of aromatic nitrogens is 2. The highest BCUT2D eigenvalue weighted by Gasteiger charge is 1.97. The maximum atomic E-state index is 5.20. The molecule has 0 saturated heterocycles. The Kier molecular flexibility index (Phi) is 3.93. The van der Waals surface area contributed by atoms with Crippen molar-refractivity contribution in [2.75, 3.05) is 0 Å². The summed E-state index contributed by atoms with van der Waals surface area (Å²) in [5.41, 5.74) is 3.10. The Morgan fingerprint density at radius 2 is 2.41 bits per heavy atom.